The Labute approximate surface area is 229 Å². The topological polar surface area (TPSA) is 6.48 Å². The zero-order chi connectivity index (χ0) is 25.9. The quantitative estimate of drug-likeness (QED) is 0.0977. The highest BCUT2D eigenvalue weighted by atomic mass is 15.4. The van der Waals surface area contributed by atoms with Crippen LogP contribution in [0.5, 0.6) is 0 Å². The van der Waals surface area contributed by atoms with Crippen LogP contribution in [0.15, 0.2) is 12.4 Å². The highest BCUT2D eigenvalue weighted by Crippen LogP contribution is 2.22. The molecule has 0 amide bonds. The van der Waals surface area contributed by atoms with E-state index in [2.05, 4.69) is 43.0 Å². The van der Waals surface area contributed by atoms with Gasteiger partial charge in [-0.15, -0.1) is 0 Å². The third kappa shape index (κ3) is 18.6. The van der Waals surface area contributed by atoms with Crippen LogP contribution in [-0.4, -0.2) is 29.1 Å². The molecule has 0 saturated carbocycles. The predicted molar refractivity (Wildman–Crippen MR) is 163 cm³/mol. The van der Waals surface area contributed by atoms with Crippen molar-refractivity contribution in [3.8, 4) is 0 Å². The summed E-state index contributed by atoms with van der Waals surface area (Å²) in [5, 5.41) is 0. The molecule has 1 unspecified atom stereocenters. The van der Waals surface area contributed by atoms with Crippen LogP contribution in [0.3, 0.4) is 0 Å². The lowest BCUT2D eigenvalue weighted by Gasteiger charge is -2.33. The van der Waals surface area contributed by atoms with Crippen LogP contribution in [0.1, 0.15) is 188 Å². The summed E-state index contributed by atoms with van der Waals surface area (Å²) >= 11 is 0. The molecular formula is C34H68N2. The Morgan fingerprint density at radius 1 is 0.361 bits per heavy atom. The van der Waals surface area contributed by atoms with Gasteiger partial charge in [0.2, 0.25) is 0 Å². The van der Waals surface area contributed by atoms with Crippen LogP contribution >= 0.6 is 0 Å². The molecule has 0 spiro atoms. The number of rotatable bonds is 28. The molecule has 2 heteroatoms. The first-order valence-electron chi connectivity index (χ1n) is 17.0. The van der Waals surface area contributed by atoms with E-state index in [-0.39, 0.29) is 0 Å². The Bertz CT molecular complexity index is 460. The molecule has 1 heterocycles. The van der Waals surface area contributed by atoms with Crippen molar-refractivity contribution in [2.24, 2.45) is 0 Å². The predicted octanol–water partition coefficient (Wildman–Crippen LogP) is 11.6. The van der Waals surface area contributed by atoms with Crippen LogP contribution in [0.2, 0.25) is 0 Å². The first-order chi connectivity index (χ1) is 17.8. The fourth-order valence-corrected chi connectivity index (χ4v) is 5.87. The maximum Gasteiger partial charge on any atom is 0.101 e. The van der Waals surface area contributed by atoms with E-state index >= 15 is 0 Å². The summed E-state index contributed by atoms with van der Waals surface area (Å²) in [7, 11) is 0. The highest BCUT2D eigenvalue weighted by Gasteiger charge is 2.24. The number of nitrogens with zero attached hydrogens (tertiary/aromatic N) is 2. The molecule has 0 radical (unpaired) electrons. The lowest BCUT2D eigenvalue weighted by Crippen LogP contribution is -2.39. The van der Waals surface area contributed by atoms with Crippen molar-refractivity contribution < 1.29 is 0 Å². The lowest BCUT2D eigenvalue weighted by molar-refractivity contribution is 0.138. The van der Waals surface area contributed by atoms with Crippen molar-refractivity contribution in [3.05, 3.63) is 12.4 Å². The average molecular weight is 505 g/mol. The molecule has 1 atom stereocenters. The van der Waals surface area contributed by atoms with Gasteiger partial charge in [0.25, 0.3) is 0 Å². The second-order valence-electron chi connectivity index (χ2n) is 11.8. The summed E-state index contributed by atoms with van der Waals surface area (Å²) in [4.78, 5) is 5.30. The fourth-order valence-electron chi connectivity index (χ4n) is 5.87. The molecule has 36 heavy (non-hydrogen) atoms. The summed E-state index contributed by atoms with van der Waals surface area (Å²) in [6.45, 7) is 9.47. The van der Waals surface area contributed by atoms with E-state index < -0.39 is 0 Å². The Kier molecular flexibility index (Phi) is 24.1. The second-order valence-corrected chi connectivity index (χ2v) is 11.8. The van der Waals surface area contributed by atoms with E-state index in [1.165, 1.54) is 180 Å². The Balaban J connectivity index is 1.95. The van der Waals surface area contributed by atoms with Crippen LogP contribution in [0.25, 0.3) is 0 Å². The van der Waals surface area contributed by atoms with Gasteiger partial charge in [0.15, 0.2) is 0 Å². The van der Waals surface area contributed by atoms with Crippen molar-refractivity contribution in [3.63, 3.8) is 0 Å². The minimum absolute atomic E-state index is 0.635. The van der Waals surface area contributed by atoms with Crippen LogP contribution in [-0.2, 0) is 0 Å². The molecule has 0 bridgehead atoms. The van der Waals surface area contributed by atoms with Gasteiger partial charge in [-0.25, -0.2) is 0 Å². The Morgan fingerprint density at radius 3 is 0.917 bits per heavy atom. The maximum atomic E-state index is 2.65. The van der Waals surface area contributed by atoms with Crippen LogP contribution in [0.4, 0.5) is 0 Å². The van der Waals surface area contributed by atoms with Crippen molar-refractivity contribution >= 4 is 0 Å². The van der Waals surface area contributed by atoms with E-state index in [1.54, 1.807) is 0 Å². The van der Waals surface area contributed by atoms with E-state index in [0.717, 1.165) is 0 Å². The molecule has 1 aliphatic heterocycles. The minimum atomic E-state index is 0.635. The third-order valence-corrected chi connectivity index (χ3v) is 8.30. The van der Waals surface area contributed by atoms with Gasteiger partial charge in [0, 0.05) is 25.5 Å². The van der Waals surface area contributed by atoms with Crippen LogP contribution in [0, 0.1) is 0 Å². The molecule has 0 aliphatic carbocycles. The number of hydrogen-bond donors (Lipinski definition) is 0. The first kappa shape index (κ1) is 33.4. The first-order valence-corrected chi connectivity index (χ1v) is 17.0. The summed E-state index contributed by atoms with van der Waals surface area (Å²) in [6.07, 6.45) is 42.6. The summed E-state index contributed by atoms with van der Waals surface area (Å²) in [5.41, 5.74) is 0. The van der Waals surface area contributed by atoms with Gasteiger partial charge in [-0.05, 0) is 19.3 Å². The molecule has 1 aliphatic rings. The van der Waals surface area contributed by atoms with Crippen molar-refractivity contribution in [1.29, 1.82) is 0 Å². The third-order valence-electron chi connectivity index (χ3n) is 8.30. The van der Waals surface area contributed by atoms with Gasteiger partial charge in [0.1, 0.15) is 6.17 Å². The molecule has 0 aromatic heterocycles. The summed E-state index contributed by atoms with van der Waals surface area (Å²) < 4.78 is 0. The molecule has 0 N–H and O–H groups in total. The summed E-state index contributed by atoms with van der Waals surface area (Å²) in [6, 6.07) is 0. The smallest absolute Gasteiger partial charge is 0.101 e. The van der Waals surface area contributed by atoms with Gasteiger partial charge < -0.3 is 9.80 Å². The summed E-state index contributed by atoms with van der Waals surface area (Å²) in [5.74, 6) is 0. The zero-order valence-electron chi connectivity index (χ0n) is 25.4. The van der Waals surface area contributed by atoms with Gasteiger partial charge in [-0.3, -0.25) is 0 Å². The van der Waals surface area contributed by atoms with Crippen molar-refractivity contribution in [2.45, 2.75) is 194 Å². The largest absolute Gasteiger partial charge is 0.356 e. The van der Waals surface area contributed by atoms with E-state index in [0.29, 0.717) is 6.17 Å². The normalized spacial score (nSPS) is 15.5. The molecular weight excluding hydrogens is 436 g/mol. The second kappa shape index (κ2) is 26.0. The van der Waals surface area contributed by atoms with E-state index in [4.69, 9.17) is 0 Å². The molecule has 2 nitrogen and oxygen atoms in total. The standard InChI is InChI=1S/C34H68N2/c1-4-7-9-11-13-15-16-17-18-19-20-21-22-24-26-28-31-36-33-32-35(34(36)29-6-3)30-27-25-23-14-12-10-8-5-2/h32-34H,4-31H2,1-3H3. The molecule has 1 rings (SSSR count). The van der Waals surface area contributed by atoms with Gasteiger partial charge in [-0.1, -0.05) is 168 Å². The van der Waals surface area contributed by atoms with E-state index in [1.807, 2.05) is 0 Å². The minimum Gasteiger partial charge on any atom is -0.356 e. The Morgan fingerprint density at radius 2 is 0.639 bits per heavy atom. The zero-order valence-corrected chi connectivity index (χ0v) is 25.4. The molecule has 0 fully saturated rings. The molecule has 0 aromatic carbocycles. The van der Waals surface area contributed by atoms with Gasteiger partial charge in [-0.2, -0.15) is 0 Å². The fraction of sp³-hybridized carbons (Fsp3) is 0.941. The molecule has 214 valence electrons. The molecule has 0 aromatic rings. The average Bonchev–Trinajstić information content (AvgIpc) is 3.26. The van der Waals surface area contributed by atoms with Gasteiger partial charge >= 0.3 is 0 Å². The van der Waals surface area contributed by atoms with Crippen LogP contribution < -0.4 is 0 Å². The highest BCUT2D eigenvalue weighted by molar-refractivity contribution is 4.96. The number of unbranched alkanes of at least 4 members (excludes halogenated alkanes) is 22. The van der Waals surface area contributed by atoms with E-state index in [9.17, 15) is 0 Å². The van der Waals surface area contributed by atoms with Crippen molar-refractivity contribution in [2.75, 3.05) is 13.1 Å². The maximum absolute atomic E-state index is 2.65. The SMILES string of the molecule is CCCCCCCCCCCCCCCCCCN1C=CN(CCCCCCCCCC)C1CCC. The van der Waals surface area contributed by atoms with Crippen molar-refractivity contribution in [1.82, 2.24) is 9.80 Å². The number of hydrogen-bond acceptors (Lipinski definition) is 2. The van der Waals surface area contributed by atoms with Gasteiger partial charge in [0.05, 0.1) is 0 Å². The molecule has 0 saturated heterocycles. The Hall–Kier alpha value is -0.660. The monoisotopic (exact) mass is 505 g/mol. The lowest BCUT2D eigenvalue weighted by atomic mass is 10.0.